The smallest absolute Gasteiger partial charge is 0.296 e. The van der Waals surface area contributed by atoms with Crippen molar-refractivity contribution in [3.8, 4) is 5.75 Å². The van der Waals surface area contributed by atoms with E-state index in [1.165, 1.54) is 19.2 Å². The Morgan fingerprint density at radius 1 is 1.23 bits per heavy atom. The highest BCUT2D eigenvalue weighted by atomic mass is 16.6. The molecule has 2 aromatic rings. The van der Waals surface area contributed by atoms with Crippen molar-refractivity contribution < 1.29 is 14.5 Å². The van der Waals surface area contributed by atoms with E-state index in [0.717, 1.165) is 5.56 Å². The summed E-state index contributed by atoms with van der Waals surface area (Å²) in [6, 6.07) is 13.9. The predicted molar refractivity (Wildman–Crippen MR) is 83.0 cm³/mol. The van der Waals surface area contributed by atoms with Gasteiger partial charge in [0.2, 0.25) is 5.91 Å². The number of nitrogens with one attached hydrogen (secondary N) is 1. The average Bonchev–Trinajstić information content (AvgIpc) is 2.54. The van der Waals surface area contributed by atoms with Crippen molar-refractivity contribution >= 4 is 17.3 Å². The number of rotatable bonds is 6. The number of nitro benzene ring substituents is 1. The van der Waals surface area contributed by atoms with Crippen LogP contribution in [0.2, 0.25) is 0 Å². The van der Waals surface area contributed by atoms with E-state index in [1.54, 1.807) is 6.07 Å². The van der Waals surface area contributed by atoms with Crippen LogP contribution in [-0.2, 0) is 11.2 Å². The lowest BCUT2D eigenvalue weighted by molar-refractivity contribution is -0.384. The van der Waals surface area contributed by atoms with Gasteiger partial charge in [-0.1, -0.05) is 30.3 Å². The number of hydrogen-bond acceptors (Lipinski definition) is 4. The van der Waals surface area contributed by atoms with Crippen LogP contribution in [0.1, 0.15) is 12.0 Å². The molecule has 0 aromatic heterocycles. The van der Waals surface area contributed by atoms with Crippen LogP contribution in [0.5, 0.6) is 5.75 Å². The minimum absolute atomic E-state index is 0.170. The third-order valence-corrected chi connectivity index (χ3v) is 3.16. The first-order valence-electron chi connectivity index (χ1n) is 6.76. The van der Waals surface area contributed by atoms with Gasteiger partial charge in [-0.3, -0.25) is 14.9 Å². The van der Waals surface area contributed by atoms with Crippen molar-refractivity contribution in [1.82, 2.24) is 0 Å². The third kappa shape index (κ3) is 4.05. The van der Waals surface area contributed by atoms with Gasteiger partial charge in [0, 0.05) is 6.42 Å². The van der Waals surface area contributed by atoms with Crippen molar-refractivity contribution in [3.63, 3.8) is 0 Å². The molecule has 0 bridgehead atoms. The molecule has 0 aliphatic heterocycles. The number of hydrogen-bond donors (Lipinski definition) is 1. The van der Waals surface area contributed by atoms with Crippen molar-refractivity contribution in [2.45, 2.75) is 12.8 Å². The maximum absolute atomic E-state index is 12.0. The number of anilines is 1. The first kappa shape index (κ1) is 15.5. The number of benzene rings is 2. The van der Waals surface area contributed by atoms with E-state index in [2.05, 4.69) is 5.32 Å². The summed E-state index contributed by atoms with van der Waals surface area (Å²) < 4.78 is 4.95. The van der Waals surface area contributed by atoms with Gasteiger partial charge in [-0.25, -0.2) is 0 Å². The fourth-order valence-electron chi connectivity index (χ4n) is 2.01. The normalized spacial score (nSPS) is 10.0. The summed E-state index contributed by atoms with van der Waals surface area (Å²) in [5.41, 5.74) is 1.03. The first-order chi connectivity index (χ1) is 10.6. The van der Waals surface area contributed by atoms with Gasteiger partial charge in [0.05, 0.1) is 18.1 Å². The summed E-state index contributed by atoms with van der Waals surface area (Å²) in [5.74, 6) is 0.103. The van der Waals surface area contributed by atoms with Gasteiger partial charge in [0.1, 0.15) is 11.4 Å². The Labute approximate surface area is 127 Å². The molecule has 0 atom stereocenters. The summed E-state index contributed by atoms with van der Waals surface area (Å²) in [7, 11) is 1.43. The van der Waals surface area contributed by atoms with Gasteiger partial charge < -0.3 is 10.1 Å². The Balaban J connectivity index is 2.03. The number of nitrogens with zero attached hydrogens (tertiary/aromatic N) is 1. The molecule has 2 rings (SSSR count). The standard InChI is InChI=1S/C16H16N2O4/c1-22-13-8-9-14(15(11-13)18(20)21)17-16(19)10-7-12-5-3-2-4-6-12/h2-6,8-9,11H,7,10H2,1H3,(H,17,19). The molecule has 0 aliphatic carbocycles. The molecule has 0 fully saturated rings. The third-order valence-electron chi connectivity index (χ3n) is 3.16. The number of carbonyl (C=O) groups is 1. The summed E-state index contributed by atoms with van der Waals surface area (Å²) >= 11 is 0. The minimum Gasteiger partial charge on any atom is -0.496 e. The zero-order valence-corrected chi connectivity index (χ0v) is 12.1. The van der Waals surface area contributed by atoms with Crippen molar-refractivity contribution in [1.29, 1.82) is 0 Å². The van der Waals surface area contributed by atoms with Crippen LogP contribution < -0.4 is 10.1 Å². The number of methoxy groups -OCH3 is 1. The van der Waals surface area contributed by atoms with Crippen LogP contribution in [0.15, 0.2) is 48.5 Å². The Morgan fingerprint density at radius 3 is 2.59 bits per heavy atom. The van der Waals surface area contributed by atoms with Crippen LogP contribution in [0.4, 0.5) is 11.4 Å². The molecule has 0 aliphatic rings. The zero-order valence-electron chi connectivity index (χ0n) is 12.1. The molecular weight excluding hydrogens is 284 g/mol. The second-order valence-corrected chi connectivity index (χ2v) is 4.67. The van der Waals surface area contributed by atoms with Gasteiger partial charge >= 0.3 is 0 Å². The molecule has 2 aromatic carbocycles. The Morgan fingerprint density at radius 2 is 1.95 bits per heavy atom. The molecule has 0 heterocycles. The van der Waals surface area contributed by atoms with Crippen molar-refractivity contribution in [3.05, 3.63) is 64.2 Å². The molecule has 6 nitrogen and oxygen atoms in total. The molecule has 114 valence electrons. The van der Waals surface area contributed by atoms with E-state index in [1.807, 2.05) is 30.3 Å². The molecule has 22 heavy (non-hydrogen) atoms. The summed E-state index contributed by atoms with van der Waals surface area (Å²) in [5, 5.41) is 13.6. The van der Waals surface area contributed by atoms with Crippen LogP contribution in [0, 0.1) is 10.1 Å². The number of aryl methyl sites for hydroxylation is 1. The molecule has 0 radical (unpaired) electrons. The number of ether oxygens (including phenoxy) is 1. The molecule has 0 saturated heterocycles. The maximum atomic E-state index is 12.0. The molecule has 1 amide bonds. The van der Waals surface area contributed by atoms with Crippen LogP contribution in [-0.4, -0.2) is 17.9 Å². The number of carbonyl (C=O) groups excluding carboxylic acids is 1. The molecule has 0 spiro atoms. The van der Waals surface area contributed by atoms with E-state index in [-0.39, 0.29) is 23.7 Å². The van der Waals surface area contributed by atoms with Crippen LogP contribution in [0.25, 0.3) is 0 Å². The summed E-state index contributed by atoms with van der Waals surface area (Å²) in [4.78, 5) is 22.5. The predicted octanol–water partition coefficient (Wildman–Crippen LogP) is 3.17. The molecular formula is C16H16N2O4. The molecule has 1 N–H and O–H groups in total. The number of amides is 1. The lowest BCUT2D eigenvalue weighted by Crippen LogP contribution is -2.13. The SMILES string of the molecule is COc1ccc(NC(=O)CCc2ccccc2)c([N+](=O)[O-])c1. The second kappa shape index (κ2) is 7.21. The summed E-state index contributed by atoms with van der Waals surface area (Å²) in [6.45, 7) is 0. The van der Waals surface area contributed by atoms with Gasteiger partial charge in [-0.15, -0.1) is 0 Å². The van der Waals surface area contributed by atoms with Crippen LogP contribution in [0.3, 0.4) is 0 Å². The quantitative estimate of drug-likeness (QED) is 0.656. The molecule has 0 unspecified atom stereocenters. The fraction of sp³-hybridized carbons (Fsp3) is 0.188. The van der Waals surface area contributed by atoms with E-state index in [0.29, 0.717) is 12.2 Å². The monoisotopic (exact) mass is 300 g/mol. The minimum atomic E-state index is -0.546. The summed E-state index contributed by atoms with van der Waals surface area (Å²) in [6.07, 6.45) is 0.837. The Bertz CT molecular complexity index is 671. The highest BCUT2D eigenvalue weighted by Crippen LogP contribution is 2.29. The molecule has 0 saturated carbocycles. The maximum Gasteiger partial charge on any atom is 0.296 e. The Kier molecular flexibility index (Phi) is 5.08. The van der Waals surface area contributed by atoms with Gasteiger partial charge in [0.15, 0.2) is 0 Å². The topological polar surface area (TPSA) is 81.5 Å². The molecule has 6 heteroatoms. The highest BCUT2D eigenvalue weighted by molar-refractivity contribution is 5.93. The highest BCUT2D eigenvalue weighted by Gasteiger charge is 2.17. The lowest BCUT2D eigenvalue weighted by Gasteiger charge is -2.07. The Hall–Kier alpha value is -2.89. The number of nitro groups is 1. The fourth-order valence-corrected chi connectivity index (χ4v) is 2.01. The van der Waals surface area contributed by atoms with E-state index in [9.17, 15) is 14.9 Å². The van der Waals surface area contributed by atoms with Crippen molar-refractivity contribution in [2.24, 2.45) is 0 Å². The van der Waals surface area contributed by atoms with E-state index < -0.39 is 4.92 Å². The second-order valence-electron chi connectivity index (χ2n) is 4.67. The zero-order chi connectivity index (χ0) is 15.9. The van der Waals surface area contributed by atoms with Gasteiger partial charge in [0.25, 0.3) is 5.69 Å². The van der Waals surface area contributed by atoms with Crippen LogP contribution >= 0.6 is 0 Å². The van der Waals surface area contributed by atoms with Crippen molar-refractivity contribution in [2.75, 3.05) is 12.4 Å². The van der Waals surface area contributed by atoms with Gasteiger partial charge in [-0.2, -0.15) is 0 Å². The average molecular weight is 300 g/mol. The first-order valence-corrected chi connectivity index (χ1v) is 6.76. The van der Waals surface area contributed by atoms with E-state index >= 15 is 0 Å². The van der Waals surface area contributed by atoms with Gasteiger partial charge in [-0.05, 0) is 24.1 Å². The largest absolute Gasteiger partial charge is 0.496 e. The van der Waals surface area contributed by atoms with E-state index in [4.69, 9.17) is 4.74 Å². The lowest BCUT2D eigenvalue weighted by atomic mass is 10.1.